The fraction of sp³-hybridized carbons (Fsp3) is 0.556. The van der Waals surface area contributed by atoms with E-state index in [1.165, 1.54) is 0 Å². The number of hydrogen-bond donors (Lipinski definition) is 1. The monoisotopic (exact) mass is 331 g/mol. The fourth-order valence-electron chi connectivity index (χ4n) is 3.59. The molecule has 0 bridgehead atoms. The van der Waals surface area contributed by atoms with Gasteiger partial charge in [0.25, 0.3) is 0 Å². The van der Waals surface area contributed by atoms with E-state index >= 15 is 0 Å². The van der Waals surface area contributed by atoms with E-state index in [1.54, 1.807) is 12.0 Å². The van der Waals surface area contributed by atoms with Crippen molar-refractivity contribution in [2.24, 2.45) is 11.7 Å². The highest BCUT2D eigenvalue weighted by atomic mass is 16.5. The van der Waals surface area contributed by atoms with Gasteiger partial charge in [0.2, 0.25) is 11.8 Å². The van der Waals surface area contributed by atoms with Gasteiger partial charge in [0.1, 0.15) is 5.75 Å². The number of rotatable bonds is 3. The summed E-state index contributed by atoms with van der Waals surface area (Å²) >= 11 is 0. The molecule has 0 saturated carbocycles. The molecule has 2 fully saturated rings. The Kier molecular flexibility index (Phi) is 4.76. The Balaban J connectivity index is 1.76. The molecule has 0 aromatic heterocycles. The molecular weight excluding hydrogens is 306 g/mol. The lowest BCUT2D eigenvalue weighted by Gasteiger charge is -2.32. The van der Waals surface area contributed by atoms with Crippen LogP contribution in [0, 0.1) is 12.8 Å². The number of nitrogens with two attached hydrogens (primary N) is 1. The topological polar surface area (TPSA) is 75.9 Å². The molecular formula is C18H25N3O3. The molecule has 2 unspecified atom stereocenters. The molecule has 0 aliphatic carbocycles. The van der Waals surface area contributed by atoms with E-state index < -0.39 is 0 Å². The van der Waals surface area contributed by atoms with Gasteiger partial charge in [0, 0.05) is 32.1 Å². The Labute approximate surface area is 142 Å². The van der Waals surface area contributed by atoms with Crippen molar-refractivity contribution in [3.63, 3.8) is 0 Å². The molecule has 3 rings (SSSR count). The first kappa shape index (κ1) is 16.8. The van der Waals surface area contributed by atoms with Crippen molar-refractivity contribution in [2.45, 2.75) is 32.2 Å². The van der Waals surface area contributed by atoms with Crippen molar-refractivity contribution in [1.82, 2.24) is 4.90 Å². The summed E-state index contributed by atoms with van der Waals surface area (Å²) in [6, 6.07) is 5.78. The van der Waals surface area contributed by atoms with Crippen LogP contribution in [0.4, 0.5) is 5.69 Å². The molecule has 2 aliphatic rings. The third kappa shape index (κ3) is 3.24. The van der Waals surface area contributed by atoms with E-state index in [0.29, 0.717) is 18.8 Å². The van der Waals surface area contributed by atoms with Crippen LogP contribution in [-0.2, 0) is 9.59 Å². The molecule has 2 aliphatic heterocycles. The normalized spacial score (nSPS) is 24.4. The van der Waals surface area contributed by atoms with Crippen LogP contribution in [0.1, 0.15) is 24.8 Å². The molecule has 2 heterocycles. The molecule has 24 heavy (non-hydrogen) atoms. The summed E-state index contributed by atoms with van der Waals surface area (Å²) in [4.78, 5) is 28.7. The fourth-order valence-corrected chi connectivity index (χ4v) is 3.59. The maximum absolute atomic E-state index is 12.7. The maximum atomic E-state index is 12.7. The molecule has 2 amide bonds. The van der Waals surface area contributed by atoms with Gasteiger partial charge in [-0.1, -0.05) is 6.07 Å². The standard InChI is InChI=1S/C18H25N3O3/c1-12-5-6-16(24-2)15(8-12)21-10-13(9-17(21)22)18(23)20-7-3-4-14(19)11-20/h5-6,8,13-14H,3-4,7,9-11,19H2,1-2H3. The molecule has 1 aromatic rings. The Hall–Kier alpha value is -2.08. The minimum atomic E-state index is -0.298. The van der Waals surface area contributed by atoms with Gasteiger partial charge in [-0.25, -0.2) is 0 Å². The lowest BCUT2D eigenvalue weighted by molar-refractivity contribution is -0.136. The number of likely N-dealkylation sites (tertiary alicyclic amines) is 1. The number of carbonyl (C=O) groups excluding carboxylic acids is 2. The second-order valence-corrected chi connectivity index (χ2v) is 6.77. The number of anilines is 1. The van der Waals surface area contributed by atoms with E-state index in [-0.39, 0.29) is 30.2 Å². The maximum Gasteiger partial charge on any atom is 0.228 e. The van der Waals surface area contributed by atoms with Crippen molar-refractivity contribution in [1.29, 1.82) is 0 Å². The van der Waals surface area contributed by atoms with Gasteiger partial charge in [-0.2, -0.15) is 0 Å². The van der Waals surface area contributed by atoms with Crippen LogP contribution in [0.25, 0.3) is 0 Å². The van der Waals surface area contributed by atoms with Gasteiger partial charge in [-0.15, -0.1) is 0 Å². The van der Waals surface area contributed by atoms with E-state index in [0.717, 1.165) is 30.6 Å². The predicted molar refractivity (Wildman–Crippen MR) is 92.0 cm³/mol. The molecule has 2 atom stereocenters. The SMILES string of the molecule is COc1ccc(C)cc1N1CC(C(=O)N2CCCC(N)C2)CC1=O. The minimum absolute atomic E-state index is 0.0291. The summed E-state index contributed by atoms with van der Waals surface area (Å²) in [5.74, 6) is 0.376. The highest BCUT2D eigenvalue weighted by molar-refractivity contribution is 6.01. The van der Waals surface area contributed by atoms with Crippen LogP contribution in [0.3, 0.4) is 0 Å². The van der Waals surface area contributed by atoms with E-state index in [4.69, 9.17) is 10.5 Å². The van der Waals surface area contributed by atoms with Gasteiger partial charge < -0.3 is 20.3 Å². The van der Waals surface area contributed by atoms with Gasteiger partial charge >= 0.3 is 0 Å². The molecule has 2 N–H and O–H groups in total. The number of piperidine rings is 1. The van der Waals surface area contributed by atoms with E-state index in [1.807, 2.05) is 30.0 Å². The summed E-state index contributed by atoms with van der Waals surface area (Å²) in [6.45, 7) is 3.72. The van der Waals surface area contributed by atoms with Crippen molar-refractivity contribution in [3.8, 4) is 5.75 Å². The number of hydrogen-bond acceptors (Lipinski definition) is 4. The summed E-state index contributed by atoms with van der Waals surface area (Å²) in [7, 11) is 1.59. The predicted octanol–water partition coefficient (Wildman–Crippen LogP) is 1.31. The molecule has 1 aromatic carbocycles. The third-order valence-electron chi connectivity index (χ3n) is 4.87. The number of carbonyl (C=O) groups is 2. The summed E-state index contributed by atoms with van der Waals surface area (Å²) in [5.41, 5.74) is 7.77. The lowest BCUT2D eigenvalue weighted by Crippen LogP contribution is -2.48. The number of amides is 2. The first-order valence-electron chi connectivity index (χ1n) is 8.49. The highest BCUT2D eigenvalue weighted by Crippen LogP contribution is 2.34. The Morgan fingerprint density at radius 3 is 2.83 bits per heavy atom. The van der Waals surface area contributed by atoms with Crippen LogP contribution >= 0.6 is 0 Å². The van der Waals surface area contributed by atoms with Gasteiger partial charge in [0.05, 0.1) is 18.7 Å². The van der Waals surface area contributed by atoms with Crippen LogP contribution in [0.5, 0.6) is 5.75 Å². The first-order valence-corrected chi connectivity index (χ1v) is 8.49. The Morgan fingerprint density at radius 2 is 2.12 bits per heavy atom. The number of benzene rings is 1. The zero-order chi connectivity index (χ0) is 17.3. The number of aryl methyl sites for hydroxylation is 1. The minimum Gasteiger partial charge on any atom is -0.495 e. The third-order valence-corrected chi connectivity index (χ3v) is 4.87. The summed E-state index contributed by atoms with van der Waals surface area (Å²) in [6.07, 6.45) is 2.14. The average Bonchev–Trinajstić information content (AvgIpc) is 2.95. The van der Waals surface area contributed by atoms with E-state index in [2.05, 4.69) is 0 Å². The average molecular weight is 331 g/mol. The number of ether oxygens (including phenoxy) is 1. The zero-order valence-corrected chi connectivity index (χ0v) is 14.3. The van der Waals surface area contributed by atoms with Crippen LogP contribution in [0.15, 0.2) is 18.2 Å². The van der Waals surface area contributed by atoms with Crippen molar-refractivity contribution in [3.05, 3.63) is 23.8 Å². The molecule has 6 heteroatoms. The van der Waals surface area contributed by atoms with Crippen molar-refractivity contribution in [2.75, 3.05) is 31.6 Å². The van der Waals surface area contributed by atoms with Crippen LogP contribution in [-0.4, -0.2) is 49.5 Å². The van der Waals surface area contributed by atoms with E-state index in [9.17, 15) is 9.59 Å². The Morgan fingerprint density at radius 1 is 1.33 bits per heavy atom. The molecule has 0 radical (unpaired) electrons. The Bertz CT molecular complexity index is 646. The molecule has 0 spiro atoms. The quantitative estimate of drug-likeness (QED) is 0.906. The smallest absolute Gasteiger partial charge is 0.228 e. The lowest BCUT2D eigenvalue weighted by atomic mass is 10.0. The van der Waals surface area contributed by atoms with Crippen LogP contribution < -0.4 is 15.4 Å². The largest absolute Gasteiger partial charge is 0.495 e. The second-order valence-electron chi connectivity index (χ2n) is 6.77. The first-order chi connectivity index (χ1) is 11.5. The van der Waals surface area contributed by atoms with Gasteiger partial charge in [-0.05, 0) is 37.5 Å². The second kappa shape index (κ2) is 6.81. The summed E-state index contributed by atoms with van der Waals surface area (Å²) in [5, 5.41) is 0. The summed E-state index contributed by atoms with van der Waals surface area (Å²) < 4.78 is 5.38. The molecule has 6 nitrogen and oxygen atoms in total. The van der Waals surface area contributed by atoms with Crippen molar-refractivity contribution >= 4 is 17.5 Å². The highest BCUT2D eigenvalue weighted by Gasteiger charge is 2.38. The molecule has 130 valence electrons. The van der Waals surface area contributed by atoms with Crippen molar-refractivity contribution < 1.29 is 14.3 Å². The van der Waals surface area contributed by atoms with Gasteiger partial charge in [-0.3, -0.25) is 9.59 Å². The van der Waals surface area contributed by atoms with Crippen LogP contribution in [0.2, 0.25) is 0 Å². The zero-order valence-electron chi connectivity index (χ0n) is 14.3. The molecule has 2 saturated heterocycles. The number of methoxy groups -OCH3 is 1. The number of nitrogens with zero attached hydrogens (tertiary/aromatic N) is 2. The van der Waals surface area contributed by atoms with Gasteiger partial charge in [0.15, 0.2) is 0 Å².